The Kier molecular flexibility index (Phi) is 5.88. The highest BCUT2D eigenvalue weighted by Gasteiger charge is 2.47. The van der Waals surface area contributed by atoms with E-state index >= 15 is 0 Å². The predicted octanol–water partition coefficient (Wildman–Crippen LogP) is 4.95. The maximum atomic E-state index is 12.7. The van der Waals surface area contributed by atoms with Crippen LogP contribution in [0, 0.1) is 12.8 Å². The van der Waals surface area contributed by atoms with Crippen molar-refractivity contribution in [3.8, 4) is 0 Å². The highest BCUT2D eigenvalue weighted by molar-refractivity contribution is 5.78. The van der Waals surface area contributed by atoms with Gasteiger partial charge in [0.25, 0.3) is 0 Å². The Morgan fingerprint density at radius 2 is 2.03 bits per heavy atom. The molecule has 0 N–H and O–H groups in total. The number of ether oxygens (including phenoxy) is 1. The predicted molar refractivity (Wildman–Crippen MR) is 129 cm³/mol. The van der Waals surface area contributed by atoms with Crippen LogP contribution in [0.25, 0.3) is 11.0 Å². The molecule has 180 valence electrons. The van der Waals surface area contributed by atoms with Gasteiger partial charge >= 0.3 is 6.09 Å². The lowest BCUT2D eigenvalue weighted by molar-refractivity contribution is 0.0146. The van der Waals surface area contributed by atoms with Gasteiger partial charge < -0.3 is 14.2 Å². The first kappa shape index (κ1) is 22.6. The van der Waals surface area contributed by atoms with Crippen LogP contribution in [0.1, 0.15) is 77.5 Å². The second-order valence-corrected chi connectivity index (χ2v) is 11.5. The largest absolute Gasteiger partial charge is 0.444 e. The molecule has 5 rings (SSSR count). The third-order valence-corrected chi connectivity index (χ3v) is 8.07. The molecule has 1 spiro atoms. The summed E-state index contributed by atoms with van der Waals surface area (Å²) >= 11 is 0. The average molecular weight is 454 g/mol. The SMILES string of the molecule is Cc1ncnc2c1ccn2C1CCC(CN2CCCCC23CCN(C(=O)OC(C)(C)C)C3)C1. The zero-order valence-corrected chi connectivity index (χ0v) is 20.7. The molecule has 2 aromatic rings. The summed E-state index contributed by atoms with van der Waals surface area (Å²) in [4.78, 5) is 26.4. The highest BCUT2D eigenvalue weighted by Crippen LogP contribution is 2.42. The number of aryl methyl sites for hydroxylation is 1. The average Bonchev–Trinajstić information content (AvgIpc) is 3.48. The van der Waals surface area contributed by atoms with Gasteiger partial charge in [0.05, 0.1) is 5.69 Å². The van der Waals surface area contributed by atoms with E-state index < -0.39 is 5.60 Å². The molecule has 0 radical (unpaired) electrons. The van der Waals surface area contributed by atoms with Gasteiger partial charge in [-0.05, 0) is 84.7 Å². The van der Waals surface area contributed by atoms with E-state index in [0.29, 0.717) is 12.0 Å². The van der Waals surface area contributed by atoms with Crippen molar-refractivity contribution < 1.29 is 9.53 Å². The van der Waals surface area contributed by atoms with Gasteiger partial charge in [0.15, 0.2) is 0 Å². The summed E-state index contributed by atoms with van der Waals surface area (Å²) in [5.41, 5.74) is 1.83. The van der Waals surface area contributed by atoms with Crippen molar-refractivity contribution in [2.45, 2.75) is 89.8 Å². The summed E-state index contributed by atoms with van der Waals surface area (Å²) in [7, 11) is 0. The van der Waals surface area contributed by atoms with Crippen molar-refractivity contribution in [1.29, 1.82) is 0 Å². The van der Waals surface area contributed by atoms with Crippen LogP contribution in [-0.4, -0.2) is 67.7 Å². The van der Waals surface area contributed by atoms with E-state index in [-0.39, 0.29) is 11.6 Å². The third kappa shape index (κ3) is 4.48. The maximum Gasteiger partial charge on any atom is 0.410 e. The molecule has 1 saturated carbocycles. The van der Waals surface area contributed by atoms with Crippen molar-refractivity contribution in [3.05, 3.63) is 24.3 Å². The molecule has 1 amide bonds. The first-order valence-electron chi connectivity index (χ1n) is 12.8. The van der Waals surface area contributed by atoms with Crippen molar-refractivity contribution in [2.75, 3.05) is 26.2 Å². The molecule has 3 unspecified atom stereocenters. The number of piperidine rings is 1. The number of carbonyl (C=O) groups is 1. The molecule has 1 aliphatic carbocycles. The van der Waals surface area contributed by atoms with Gasteiger partial charge in [-0.25, -0.2) is 14.8 Å². The minimum Gasteiger partial charge on any atom is -0.444 e. The minimum atomic E-state index is -0.440. The topological polar surface area (TPSA) is 63.5 Å². The van der Waals surface area contributed by atoms with Crippen LogP contribution in [-0.2, 0) is 4.74 Å². The monoisotopic (exact) mass is 453 g/mol. The lowest BCUT2D eigenvalue weighted by Crippen LogP contribution is -2.55. The molecule has 33 heavy (non-hydrogen) atoms. The Labute approximate surface area is 197 Å². The molecule has 3 fully saturated rings. The van der Waals surface area contributed by atoms with Crippen molar-refractivity contribution in [3.63, 3.8) is 0 Å². The lowest BCUT2D eigenvalue weighted by Gasteiger charge is -2.46. The summed E-state index contributed by atoms with van der Waals surface area (Å²) in [6.45, 7) is 11.8. The fourth-order valence-corrected chi connectivity index (χ4v) is 6.41. The van der Waals surface area contributed by atoms with E-state index in [1.807, 2.05) is 25.7 Å². The summed E-state index contributed by atoms with van der Waals surface area (Å²) in [6.07, 6.45) is 12.2. The molecule has 2 saturated heterocycles. The second-order valence-electron chi connectivity index (χ2n) is 11.5. The van der Waals surface area contributed by atoms with E-state index in [9.17, 15) is 4.79 Å². The van der Waals surface area contributed by atoms with Gasteiger partial charge in [-0.2, -0.15) is 0 Å². The van der Waals surface area contributed by atoms with Crippen LogP contribution in [0.3, 0.4) is 0 Å². The second kappa shape index (κ2) is 8.57. The molecular weight excluding hydrogens is 414 g/mol. The molecule has 0 bridgehead atoms. The summed E-state index contributed by atoms with van der Waals surface area (Å²) in [5, 5.41) is 1.17. The van der Waals surface area contributed by atoms with Crippen LogP contribution in [0.5, 0.6) is 0 Å². The Morgan fingerprint density at radius 1 is 1.18 bits per heavy atom. The Hall–Kier alpha value is -2.15. The molecule has 4 heterocycles. The maximum absolute atomic E-state index is 12.7. The summed E-state index contributed by atoms with van der Waals surface area (Å²) in [5.74, 6) is 0.695. The Balaban J connectivity index is 1.25. The molecule has 2 aromatic heterocycles. The van der Waals surface area contributed by atoms with Crippen molar-refractivity contribution in [2.24, 2.45) is 5.92 Å². The molecule has 7 heteroatoms. The molecule has 3 atom stereocenters. The summed E-state index contributed by atoms with van der Waals surface area (Å²) < 4.78 is 8.06. The Bertz CT molecular complexity index is 1010. The first-order chi connectivity index (χ1) is 15.7. The fourth-order valence-electron chi connectivity index (χ4n) is 6.41. The van der Waals surface area contributed by atoms with E-state index in [1.165, 1.54) is 43.9 Å². The molecule has 0 aromatic carbocycles. The van der Waals surface area contributed by atoms with Gasteiger partial charge in [0.2, 0.25) is 0 Å². The number of rotatable bonds is 3. The normalized spacial score (nSPS) is 28.8. The molecule has 2 aliphatic heterocycles. The van der Waals surface area contributed by atoms with Crippen molar-refractivity contribution >= 4 is 17.1 Å². The number of carbonyl (C=O) groups excluding carboxylic acids is 1. The zero-order valence-electron chi connectivity index (χ0n) is 20.7. The molecule has 3 aliphatic rings. The van der Waals surface area contributed by atoms with Crippen LogP contribution >= 0.6 is 0 Å². The minimum absolute atomic E-state index is 0.137. The summed E-state index contributed by atoms with van der Waals surface area (Å²) in [6, 6.07) is 2.69. The number of fused-ring (bicyclic) bond motifs is 1. The van der Waals surface area contributed by atoms with Crippen LogP contribution in [0.2, 0.25) is 0 Å². The first-order valence-corrected chi connectivity index (χ1v) is 12.8. The smallest absolute Gasteiger partial charge is 0.410 e. The zero-order chi connectivity index (χ0) is 23.2. The lowest BCUT2D eigenvalue weighted by atomic mass is 9.84. The number of amides is 1. The molecular formula is C26H39N5O2. The van der Waals surface area contributed by atoms with E-state index in [4.69, 9.17) is 4.74 Å². The number of likely N-dealkylation sites (tertiary alicyclic amines) is 2. The molecule has 7 nitrogen and oxygen atoms in total. The standard InChI is InChI=1S/C26H39N5O2/c1-19-22-9-13-31(23(22)28-18-27-19)21-8-7-20(15-21)16-30-12-6-5-10-26(30)11-14-29(17-26)24(32)33-25(2,3)4/h9,13,18,20-21H,5-8,10-12,14-17H2,1-4H3. The van der Waals surface area contributed by atoms with Gasteiger partial charge in [-0.1, -0.05) is 6.42 Å². The highest BCUT2D eigenvalue weighted by atomic mass is 16.6. The van der Waals surface area contributed by atoms with Gasteiger partial charge in [-0.15, -0.1) is 0 Å². The Morgan fingerprint density at radius 3 is 2.85 bits per heavy atom. The van der Waals surface area contributed by atoms with Crippen LogP contribution < -0.4 is 0 Å². The number of hydrogen-bond donors (Lipinski definition) is 0. The van der Waals surface area contributed by atoms with Crippen molar-refractivity contribution in [1.82, 2.24) is 24.3 Å². The van der Waals surface area contributed by atoms with E-state index in [0.717, 1.165) is 43.9 Å². The fraction of sp³-hybridized carbons (Fsp3) is 0.731. The number of aromatic nitrogens is 3. The number of nitrogens with zero attached hydrogens (tertiary/aromatic N) is 5. The van der Waals surface area contributed by atoms with Crippen LogP contribution in [0.15, 0.2) is 18.6 Å². The quantitative estimate of drug-likeness (QED) is 0.658. The third-order valence-electron chi connectivity index (χ3n) is 8.07. The van der Waals surface area contributed by atoms with Gasteiger partial charge in [0, 0.05) is 42.8 Å². The van der Waals surface area contributed by atoms with Gasteiger partial charge in [0.1, 0.15) is 17.6 Å². The number of hydrogen-bond acceptors (Lipinski definition) is 5. The van der Waals surface area contributed by atoms with E-state index in [1.54, 1.807) is 6.33 Å². The van der Waals surface area contributed by atoms with E-state index in [2.05, 4.69) is 38.6 Å². The van der Waals surface area contributed by atoms with Gasteiger partial charge in [-0.3, -0.25) is 4.90 Å². The van der Waals surface area contributed by atoms with Crippen LogP contribution in [0.4, 0.5) is 4.79 Å².